The molecule has 0 unspecified atom stereocenters. The second kappa shape index (κ2) is 6.48. The van der Waals surface area contributed by atoms with Gasteiger partial charge in [-0.05, 0) is 45.1 Å². The van der Waals surface area contributed by atoms with Crippen LogP contribution in [0.1, 0.15) is 52.4 Å². The average molecular weight is 246 g/mol. The summed E-state index contributed by atoms with van der Waals surface area (Å²) in [4.78, 5) is 23.5. The Balaban J connectivity index is 2.85. The van der Waals surface area contributed by atoms with Crippen LogP contribution in [-0.2, 0) is 9.59 Å². The molecule has 1 aliphatic rings. The Bertz CT molecular complexity index is 424. The minimum atomic E-state index is 0.0178. The molecule has 0 N–H and O–H groups in total. The molecule has 98 valence electrons. The number of allylic oxidation sites excluding steroid dienone is 4. The van der Waals surface area contributed by atoms with E-state index in [0.717, 1.165) is 48.0 Å². The van der Waals surface area contributed by atoms with Gasteiger partial charge >= 0.3 is 0 Å². The van der Waals surface area contributed by atoms with Crippen molar-refractivity contribution in [2.75, 3.05) is 0 Å². The topological polar surface area (TPSA) is 34.1 Å². The zero-order valence-corrected chi connectivity index (χ0v) is 11.5. The van der Waals surface area contributed by atoms with Crippen LogP contribution in [0.25, 0.3) is 0 Å². The van der Waals surface area contributed by atoms with Gasteiger partial charge in [-0.2, -0.15) is 0 Å². The Morgan fingerprint density at radius 3 is 2.11 bits per heavy atom. The molecule has 0 aliphatic heterocycles. The summed E-state index contributed by atoms with van der Waals surface area (Å²) in [5.74, 6) is 0.0694. The predicted octanol–water partition coefficient (Wildman–Crippen LogP) is 3.93. The van der Waals surface area contributed by atoms with E-state index in [2.05, 4.69) is 13.2 Å². The molecule has 2 nitrogen and oxygen atoms in total. The molecule has 0 aromatic carbocycles. The van der Waals surface area contributed by atoms with Crippen molar-refractivity contribution in [3.8, 4) is 0 Å². The van der Waals surface area contributed by atoms with Crippen LogP contribution in [0.2, 0.25) is 0 Å². The van der Waals surface area contributed by atoms with Crippen LogP contribution in [0.3, 0.4) is 0 Å². The van der Waals surface area contributed by atoms with Gasteiger partial charge in [0.15, 0.2) is 5.78 Å². The molecule has 0 saturated carbocycles. The summed E-state index contributed by atoms with van der Waals surface area (Å²) in [6, 6.07) is 0. The van der Waals surface area contributed by atoms with Gasteiger partial charge in [0.1, 0.15) is 5.78 Å². The van der Waals surface area contributed by atoms with E-state index in [-0.39, 0.29) is 18.0 Å². The van der Waals surface area contributed by atoms with Crippen molar-refractivity contribution < 1.29 is 9.59 Å². The Labute approximate surface area is 109 Å². The lowest BCUT2D eigenvalue weighted by molar-refractivity contribution is -0.125. The van der Waals surface area contributed by atoms with Gasteiger partial charge in [-0.3, -0.25) is 9.59 Å². The predicted molar refractivity (Wildman–Crippen MR) is 74.4 cm³/mol. The minimum absolute atomic E-state index is 0.0178. The van der Waals surface area contributed by atoms with Crippen molar-refractivity contribution in [2.45, 2.75) is 52.4 Å². The number of hydrogen-bond acceptors (Lipinski definition) is 2. The molecule has 1 aliphatic carbocycles. The van der Waals surface area contributed by atoms with Crippen LogP contribution in [0.5, 0.6) is 0 Å². The Morgan fingerprint density at radius 1 is 1.00 bits per heavy atom. The first-order valence-corrected chi connectivity index (χ1v) is 6.44. The van der Waals surface area contributed by atoms with E-state index in [1.807, 2.05) is 13.8 Å². The average Bonchev–Trinajstić information content (AvgIpc) is 2.24. The lowest BCUT2D eigenvalue weighted by Crippen LogP contribution is -2.19. The first kappa shape index (κ1) is 14.6. The molecule has 0 saturated heterocycles. The fraction of sp³-hybridized carbons (Fsp3) is 0.500. The maximum atomic E-state index is 11.9. The van der Waals surface area contributed by atoms with Crippen molar-refractivity contribution in [3.63, 3.8) is 0 Å². The summed E-state index contributed by atoms with van der Waals surface area (Å²) in [5.41, 5.74) is 4.07. The second-order valence-corrected chi connectivity index (χ2v) is 5.31. The van der Waals surface area contributed by atoms with Gasteiger partial charge in [0, 0.05) is 6.42 Å². The fourth-order valence-corrected chi connectivity index (χ4v) is 2.15. The van der Waals surface area contributed by atoms with Crippen molar-refractivity contribution in [3.05, 3.63) is 35.5 Å². The lowest BCUT2D eigenvalue weighted by Gasteiger charge is -2.19. The smallest absolute Gasteiger partial charge is 0.166 e. The third-order valence-electron chi connectivity index (χ3n) is 3.19. The normalized spacial score (nSPS) is 16.1. The zero-order valence-electron chi connectivity index (χ0n) is 11.5. The summed E-state index contributed by atoms with van der Waals surface area (Å²) in [7, 11) is 0. The van der Waals surface area contributed by atoms with Gasteiger partial charge in [-0.1, -0.05) is 16.7 Å². The molecular weight excluding hydrogens is 224 g/mol. The molecule has 0 amide bonds. The highest BCUT2D eigenvalue weighted by molar-refractivity contribution is 6.11. The molecule has 1 rings (SSSR count). The number of ketones is 2. The van der Waals surface area contributed by atoms with E-state index in [1.165, 1.54) is 0 Å². The molecule has 0 fully saturated rings. The van der Waals surface area contributed by atoms with E-state index in [9.17, 15) is 9.59 Å². The third-order valence-corrected chi connectivity index (χ3v) is 3.19. The van der Waals surface area contributed by atoms with E-state index in [0.29, 0.717) is 6.42 Å². The van der Waals surface area contributed by atoms with Crippen molar-refractivity contribution in [2.24, 2.45) is 0 Å². The summed E-state index contributed by atoms with van der Waals surface area (Å²) < 4.78 is 0. The van der Waals surface area contributed by atoms with Gasteiger partial charge in [0.25, 0.3) is 0 Å². The molecule has 0 aromatic heterocycles. The Morgan fingerprint density at radius 2 is 1.56 bits per heavy atom. The third kappa shape index (κ3) is 4.44. The molecule has 18 heavy (non-hydrogen) atoms. The van der Waals surface area contributed by atoms with Gasteiger partial charge in [-0.15, -0.1) is 13.2 Å². The van der Waals surface area contributed by atoms with Gasteiger partial charge in [-0.25, -0.2) is 0 Å². The molecule has 0 heterocycles. The summed E-state index contributed by atoms with van der Waals surface area (Å²) in [6.07, 6.45) is 3.73. The minimum Gasteiger partial charge on any atom is -0.299 e. The second-order valence-electron chi connectivity index (χ2n) is 5.31. The summed E-state index contributed by atoms with van der Waals surface area (Å²) in [6.45, 7) is 11.7. The van der Waals surface area contributed by atoms with E-state index in [1.54, 1.807) is 0 Å². The van der Waals surface area contributed by atoms with Crippen molar-refractivity contribution in [1.29, 1.82) is 0 Å². The molecule has 0 aromatic rings. The number of hydrogen-bond donors (Lipinski definition) is 0. The number of Topliss-reactive ketones (excluding diaryl/α,β-unsaturated/α-hetero) is 2. The van der Waals surface area contributed by atoms with Crippen LogP contribution >= 0.6 is 0 Å². The first-order chi connectivity index (χ1) is 8.40. The van der Waals surface area contributed by atoms with Crippen molar-refractivity contribution in [1.82, 2.24) is 0 Å². The molecule has 0 spiro atoms. The lowest BCUT2D eigenvalue weighted by atomic mass is 9.84. The van der Waals surface area contributed by atoms with Gasteiger partial charge in [0.2, 0.25) is 0 Å². The van der Waals surface area contributed by atoms with Crippen LogP contribution in [0.4, 0.5) is 0 Å². The molecular formula is C16H22O2. The Hall–Kier alpha value is -1.44. The van der Waals surface area contributed by atoms with E-state index >= 15 is 0 Å². The van der Waals surface area contributed by atoms with Crippen molar-refractivity contribution >= 4 is 11.6 Å². The number of carbonyl (C=O) groups excluding carboxylic acids is 2. The maximum absolute atomic E-state index is 11.9. The molecule has 0 radical (unpaired) electrons. The van der Waals surface area contributed by atoms with E-state index < -0.39 is 0 Å². The van der Waals surface area contributed by atoms with Crippen LogP contribution in [0, 0.1) is 0 Å². The van der Waals surface area contributed by atoms with Crippen LogP contribution in [-0.4, -0.2) is 11.6 Å². The summed E-state index contributed by atoms with van der Waals surface area (Å²) in [5, 5.41) is 0. The Kier molecular flexibility index (Phi) is 5.26. The zero-order chi connectivity index (χ0) is 13.7. The monoisotopic (exact) mass is 246 g/mol. The van der Waals surface area contributed by atoms with Gasteiger partial charge < -0.3 is 0 Å². The maximum Gasteiger partial charge on any atom is 0.166 e. The highest BCUT2D eigenvalue weighted by Gasteiger charge is 2.24. The highest BCUT2D eigenvalue weighted by atomic mass is 16.1. The highest BCUT2D eigenvalue weighted by Crippen LogP contribution is 2.28. The van der Waals surface area contributed by atoms with Gasteiger partial charge in [0.05, 0.1) is 6.42 Å². The van der Waals surface area contributed by atoms with Crippen LogP contribution < -0.4 is 0 Å². The largest absolute Gasteiger partial charge is 0.299 e. The van der Waals surface area contributed by atoms with Crippen LogP contribution in [0.15, 0.2) is 35.5 Å². The number of rotatable bonds is 6. The summed E-state index contributed by atoms with van der Waals surface area (Å²) >= 11 is 0. The van der Waals surface area contributed by atoms with E-state index in [4.69, 9.17) is 0 Å². The molecule has 0 atom stereocenters. The molecule has 2 heteroatoms. The number of carbonyl (C=O) groups is 2. The SMILES string of the molecule is C=C(C)CCC1=C(CCC(=C)C)C(=O)CC(=O)C1. The standard InChI is InChI=1S/C16H22O2/c1-11(2)5-7-13-9-14(17)10-16(18)15(13)8-6-12(3)4/h1,3,5-10H2,2,4H3. The quantitative estimate of drug-likeness (QED) is 0.525. The molecule has 0 bridgehead atoms. The first-order valence-electron chi connectivity index (χ1n) is 6.44. The fourth-order valence-electron chi connectivity index (χ4n) is 2.15.